The van der Waals surface area contributed by atoms with Crippen LogP contribution in [0.3, 0.4) is 0 Å². The van der Waals surface area contributed by atoms with Gasteiger partial charge in [0.1, 0.15) is 11.6 Å². The molecule has 2 aliphatic rings. The molecule has 31 heavy (non-hydrogen) atoms. The fourth-order valence-corrected chi connectivity index (χ4v) is 4.76. The molecule has 4 heterocycles. The lowest BCUT2D eigenvalue weighted by Gasteiger charge is -2.34. The van der Waals surface area contributed by atoms with E-state index in [0.717, 1.165) is 41.4 Å². The van der Waals surface area contributed by atoms with Crippen LogP contribution in [0, 0.1) is 31.5 Å². The Morgan fingerprint density at radius 2 is 2.03 bits per heavy atom. The molecule has 0 N–H and O–H groups in total. The molecule has 5 rings (SSSR count). The summed E-state index contributed by atoms with van der Waals surface area (Å²) in [7, 11) is 0. The minimum absolute atomic E-state index is 0.0832. The highest BCUT2D eigenvalue weighted by atomic mass is 19.1. The predicted octanol–water partition coefficient (Wildman–Crippen LogP) is 4.49. The van der Waals surface area contributed by atoms with Crippen LogP contribution in [0.15, 0.2) is 54.7 Å². The lowest BCUT2D eigenvalue weighted by molar-refractivity contribution is 0.121. The first-order chi connectivity index (χ1) is 15.1. The van der Waals surface area contributed by atoms with Crippen LogP contribution in [-0.4, -0.2) is 34.6 Å². The second-order valence-corrected chi connectivity index (χ2v) is 8.53. The van der Waals surface area contributed by atoms with Crippen molar-refractivity contribution < 1.29 is 13.9 Å². The first kappa shape index (κ1) is 19.9. The van der Waals surface area contributed by atoms with Crippen LogP contribution in [0.25, 0.3) is 0 Å². The van der Waals surface area contributed by atoms with Crippen LogP contribution < -0.4 is 9.47 Å². The van der Waals surface area contributed by atoms with Crippen molar-refractivity contribution in [2.24, 2.45) is 11.8 Å². The molecule has 0 bridgehead atoms. The lowest BCUT2D eigenvalue weighted by Crippen LogP contribution is -2.32. The van der Waals surface area contributed by atoms with Gasteiger partial charge in [0.2, 0.25) is 5.88 Å². The van der Waals surface area contributed by atoms with Crippen molar-refractivity contribution in [3.8, 4) is 11.6 Å². The molecule has 2 aromatic heterocycles. The number of aromatic nitrogens is 2. The largest absolute Gasteiger partial charge is 0.493 e. The Morgan fingerprint density at radius 1 is 1.13 bits per heavy atom. The first-order valence-electron chi connectivity index (χ1n) is 10.7. The summed E-state index contributed by atoms with van der Waals surface area (Å²) in [5, 5.41) is 0. The smallest absolute Gasteiger partial charge is 0.213 e. The summed E-state index contributed by atoms with van der Waals surface area (Å²) < 4.78 is 26.2. The molecule has 3 atom stereocenters. The summed E-state index contributed by atoms with van der Waals surface area (Å²) in [6, 6.07) is 14.9. The molecule has 0 saturated carbocycles. The average Bonchev–Trinajstić information content (AvgIpc) is 3.12. The Labute approximate surface area is 181 Å². The van der Waals surface area contributed by atoms with Gasteiger partial charge in [-0.1, -0.05) is 12.1 Å². The lowest BCUT2D eigenvalue weighted by atomic mass is 9.85. The van der Waals surface area contributed by atoms with E-state index in [1.165, 1.54) is 6.07 Å². The number of nitrogens with zero attached hydrogens (tertiary/aromatic N) is 3. The van der Waals surface area contributed by atoms with E-state index in [9.17, 15) is 4.39 Å². The number of likely N-dealkylation sites (tertiary alicyclic amines) is 1. The molecular weight excluding hydrogens is 393 g/mol. The van der Waals surface area contributed by atoms with E-state index in [0.29, 0.717) is 19.1 Å². The molecular formula is C25H26FN3O2. The van der Waals surface area contributed by atoms with Crippen molar-refractivity contribution in [1.82, 2.24) is 14.9 Å². The van der Waals surface area contributed by atoms with Gasteiger partial charge in [-0.3, -0.25) is 9.88 Å². The fourth-order valence-electron chi connectivity index (χ4n) is 4.76. The molecule has 2 aliphatic heterocycles. The highest BCUT2D eigenvalue weighted by molar-refractivity contribution is 5.40. The normalized spacial score (nSPS) is 22.5. The van der Waals surface area contributed by atoms with Crippen molar-refractivity contribution in [3.05, 3.63) is 83.1 Å². The van der Waals surface area contributed by atoms with Crippen LogP contribution >= 0.6 is 0 Å². The SMILES string of the molecule is Cc1ccc(CN2C[C@@H](COc3cccc(C)n3)[C@@H]3COc4ccc(F)cc4[C@@H]32)cn1. The molecule has 1 aromatic carbocycles. The summed E-state index contributed by atoms with van der Waals surface area (Å²) in [4.78, 5) is 11.3. The zero-order valence-corrected chi connectivity index (χ0v) is 17.8. The molecule has 1 fully saturated rings. The highest BCUT2D eigenvalue weighted by Crippen LogP contribution is 2.48. The van der Waals surface area contributed by atoms with E-state index in [4.69, 9.17) is 9.47 Å². The monoisotopic (exact) mass is 419 g/mol. The zero-order chi connectivity index (χ0) is 21.4. The van der Waals surface area contributed by atoms with E-state index in [1.54, 1.807) is 12.1 Å². The van der Waals surface area contributed by atoms with Gasteiger partial charge in [-0.25, -0.2) is 9.37 Å². The molecule has 0 radical (unpaired) electrons. The van der Waals surface area contributed by atoms with Gasteiger partial charge in [0, 0.05) is 60.2 Å². The number of halogens is 1. The number of fused-ring (bicyclic) bond motifs is 3. The minimum atomic E-state index is -0.233. The second kappa shape index (κ2) is 8.27. The molecule has 6 heteroatoms. The summed E-state index contributed by atoms with van der Waals surface area (Å²) >= 11 is 0. The zero-order valence-electron chi connectivity index (χ0n) is 17.8. The quantitative estimate of drug-likeness (QED) is 0.610. The van der Waals surface area contributed by atoms with Gasteiger partial charge in [-0.05, 0) is 49.7 Å². The summed E-state index contributed by atoms with van der Waals surface area (Å²) in [5.41, 5.74) is 4.00. The maximum absolute atomic E-state index is 14.1. The van der Waals surface area contributed by atoms with Gasteiger partial charge >= 0.3 is 0 Å². The maximum atomic E-state index is 14.1. The molecule has 0 spiro atoms. The molecule has 1 saturated heterocycles. The highest BCUT2D eigenvalue weighted by Gasteiger charge is 2.46. The number of benzene rings is 1. The van der Waals surface area contributed by atoms with Crippen molar-refractivity contribution in [3.63, 3.8) is 0 Å². The maximum Gasteiger partial charge on any atom is 0.213 e. The van der Waals surface area contributed by atoms with Gasteiger partial charge in [0.25, 0.3) is 0 Å². The molecule has 160 valence electrons. The summed E-state index contributed by atoms with van der Waals surface area (Å²) in [5.74, 6) is 1.65. The topological polar surface area (TPSA) is 47.5 Å². The third kappa shape index (κ3) is 4.12. The van der Waals surface area contributed by atoms with Crippen molar-refractivity contribution in [1.29, 1.82) is 0 Å². The number of hydrogen-bond acceptors (Lipinski definition) is 5. The van der Waals surface area contributed by atoms with Gasteiger partial charge in [0.15, 0.2) is 0 Å². The Morgan fingerprint density at radius 3 is 2.84 bits per heavy atom. The fraction of sp³-hybridized carbons (Fsp3) is 0.360. The first-order valence-corrected chi connectivity index (χ1v) is 10.7. The second-order valence-electron chi connectivity index (χ2n) is 8.53. The number of hydrogen-bond donors (Lipinski definition) is 0. The number of ether oxygens (including phenoxy) is 2. The van der Waals surface area contributed by atoms with Crippen molar-refractivity contribution in [2.75, 3.05) is 19.8 Å². The number of rotatable bonds is 5. The standard InChI is InChI=1S/C25H26FN3O2/c1-16-6-7-18(11-27-16)12-29-13-19(14-31-24-5-3-4-17(2)28-24)22-15-30-23-9-8-20(26)10-21(23)25(22)29/h3-11,19,22,25H,12-15H2,1-2H3/t19-,22-,25-/m0/s1. The Kier molecular flexibility index (Phi) is 5.32. The van der Waals surface area contributed by atoms with Gasteiger partial charge in [-0.15, -0.1) is 0 Å². The molecule has 0 amide bonds. The van der Waals surface area contributed by atoms with E-state index in [1.807, 2.05) is 44.3 Å². The van der Waals surface area contributed by atoms with Gasteiger partial charge < -0.3 is 9.47 Å². The molecule has 0 unspecified atom stereocenters. The van der Waals surface area contributed by atoms with Crippen molar-refractivity contribution >= 4 is 0 Å². The average molecular weight is 420 g/mol. The van der Waals surface area contributed by atoms with Crippen LogP contribution in [0.2, 0.25) is 0 Å². The summed E-state index contributed by atoms with van der Waals surface area (Å²) in [6.45, 7) is 6.68. The Bertz CT molecular complexity index is 1070. The van der Waals surface area contributed by atoms with Crippen LogP contribution in [0.5, 0.6) is 11.6 Å². The predicted molar refractivity (Wildman–Crippen MR) is 115 cm³/mol. The van der Waals surface area contributed by atoms with Crippen molar-refractivity contribution in [2.45, 2.75) is 26.4 Å². The van der Waals surface area contributed by atoms with Crippen LogP contribution in [-0.2, 0) is 6.54 Å². The Hall–Kier alpha value is -2.99. The summed E-state index contributed by atoms with van der Waals surface area (Å²) in [6.07, 6.45) is 1.93. The third-order valence-electron chi connectivity index (χ3n) is 6.26. The molecule has 3 aromatic rings. The third-order valence-corrected chi connectivity index (χ3v) is 6.26. The van der Waals surface area contributed by atoms with Crippen LogP contribution in [0.1, 0.15) is 28.6 Å². The minimum Gasteiger partial charge on any atom is -0.493 e. The van der Waals surface area contributed by atoms with E-state index < -0.39 is 0 Å². The van der Waals surface area contributed by atoms with Gasteiger partial charge in [-0.2, -0.15) is 0 Å². The Balaban J connectivity index is 1.41. The molecule has 0 aliphatic carbocycles. The van der Waals surface area contributed by atoms with E-state index in [2.05, 4.69) is 20.9 Å². The number of aryl methyl sites for hydroxylation is 2. The van der Waals surface area contributed by atoms with E-state index >= 15 is 0 Å². The number of pyridine rings is 2. The van der Waals surface area contributed by atoms with Gasteiger partial charge in [0.05, 0.1) is 13.2 Å². The van der Waals surface area contributed by atoms with E-state index in [-0.39, 0.29) is 23.7 Å². The molecule has 5 nitrogen and oxygen atoms in total. The van der Waals surface area contributed by atoms with Crippen LogP contribution in [0.4, 0.5) is 4.39 Å².